The third kappa shape index (κ3) is 3.45. The van der Waals surface area contributed by atoms with Gasteiger partial charge >= 0.3 is 0 Å². The summed E-state index contributed by atoms with van der Waals surface area (Å²) in [4.78, 5) is -0.226. The molecule has 2 atom stereocenters. The predicted octanol–water partition coefficient (Wildman–Crippen LogP) is 1.14. The van der Waals surface area contributed by atoms with Gasteiger partial charge in [-0.15, -0.1) is 0 Å². The fraction of sp³-hybridized carbons (Fsp3) is 0.538. The molecule has 0 saturated carbocycles. The fourth-order valence-electron chi connectivity index (χ4n) is 2.53. The summed E-state index contributed by atoms with van der Waals surface area (Å²) >= 11 is 0. The monoisotopic (exact) mass is 332 g/mol. The molecular formula is C13H20N2O4S2. The van der Waals surface area contributed by atoms with Crippen molar-refractivity contribution in [3.63, 3.8) is 0 Å². The average Bonchev–Trinajstić information content (AvgIpc) is 2.40. The average molecular weight is 332 g/mol. The van der Waals surface area contributed by atoms with Crippen LogP contribution in [0.1, 0.15) is 26.7 Å². The first-order valence-corrected chi connectivity index (χ1v) is 9.75. The minimum atomic E-state index is -3.92. The second kappa shape index (κ2) is 5.68. The second-order valence-corrected chi connectivity index (χ2v) is 9.08. The maximum atomic E-state index is 12.7. The van der Waals surface area contributed by atoms with Crippen molar-refractivity contribution in [3.8, 4) is 0 Å². The van der Waals surface area contributed by atoms with E-state index >= 15 is 0 Å². The van der Waals surface area contributed by atoms with E-state index in [1.165, 1.54) is 22.5 Å². The fourth-order valence-corrected chi connectivity index (χ4v) is 4.99. The van der Waals surface area contributed by atoms with Gasteiger partial charge in [0.15, 0.2) is 0 Å². The predicted molar refractivity (Wildman–Crippen MR) is 79.6 cm³/mol. The Morgan fingerprint density at radius 2 is 1.71 bits per heavy atom. The van der Waals surface area contributed by atoms with Gasteiger partial charge in [0.05, 0.1) is 9.79 Å². The number of nitrogens with two attached hydrogens (primary N) is 1. The topological polar surface area (TPSA) is 97.5 Å². The van der Waals surface area contributed by atoms with E-state index in [-0.39, 0.29) is 21.8 Å². The van der Waals surface area contributed by atoms with E-state index in [9.17, 15) is 16.8 Å². The van der Waals surface area contributed by atoms with E-state index in [0.717, 1.165) is 18.9 Å². The first-order chi connectivity index (χ1) is 9.62. The molecule has 1 aromatic carbocycles. The Morgan fingerprint density at radius 1 is 1.10 bits per heavy atom. The second-order valence-electron chi connectivity index (χ2n) is 5.63. The van der Waals surface area contributed by atoms with Crippen LogP contribution in [-0.4, -0.2) is 33.7 Å². The van der Waals surface area contributed by atoms with Crippen molar-refractivity contribution >= 4 is 20.0 Å². The number of hydrogen-bond acceptors (Lipinski definition) is 4. The molecule has 2 unspecified atom stereocenters. The minimum absolute atomic E-state index is 0.0324. The molecule has 0 spiro atoms. The van der Waals surface area contributed by atoms with Gasteiger partial charge in [0.2, 0.25) is 20.0 Å². The van der Waals surface area contributed by atoms with E-state index in [0.29, 0.717) is 6.54 Å². The zero-order chi connectivity index (χ0) is 15.8. The van der Waals surface area contributed by atoms with Crippen molar-refractivity contribution in [1.29, 1.82) is 0 Å². The standard InChI is InChI=1S/C13H20N2O4S2/c1-10-6-7-11(2)15(9-10)21(18,19)13-5-3-4-12(8-13)20(14,16)17/h3-5,8,10-11H,6-7,9H2,1-2H3,(H2,14,16,17). The Morgan fingerprint density at radius 3 is 2.33 bits per heavy atom. The Kier molecular flexibility index (Phi) is 4.44. The summed E-state index contributed by atoms with van der Waals surface area (Å²) in [5.74, 6) is 0.289. The largest absolute Gasteiger partial charge is 0.243 e. The van der Waals surface area contributed by atoms with Gasteiger partial charge in [-0.2, -0.15) is 4.31 Å². The Bertz CT molecular complexity index is 728. The zero-order valence-electron chi connectivity index (χ0n) is 12.1. The van der Waals surface area contributed by atoms with Gasteiger partial charge in [0.1, 0.15) is 0 Å². The lowest BCUT2D eigenvalue weighted by Crippen LogP contribution is -2.44. The quantitative estimate of drug-likeness (QED) is 0.897. The Hall–Kier alpha value is -0.960. The molecule has 1 saturated heterocycles. The number of sulfonamides is 2. The maximum Gasteiger partial charge on any atom is 0.243 e. The van der Waals surface area contributed by atoms with Crippen molar-refractivity contribution in [2.45, 2.75) is 42.5 Å². The van der Waals surface area contributed by atoms with Gasteiger partial charge < -0.3 is 0 Å². The molecule has 2 N–H and O–H groups in total. The van der Waals surface area contributed by atoms with Crippen LogP contribution >= 0.6 is 0 Å². The molecule has 118 valence electrons. The van der Waals surface area contributed by atoms with Crippen LogP contribution in [0.15, 0.2) is 34.1 Å². The first-order valence-electron chi connectivity index (χ1n) is 6.77. The lowest BCUT2D eigenvalue weighted by molar-refractivity contribution is 0.218. The van der Waals surface area contributed by atoms with Crippen LogP contribution < -0.4 is 5.14 Å². The van der Waals surface area contributed by atoms with Crippen molar-refractivity contribution in [2.75, 3.05) is 6.54 Å². The van der Waals surface area contributed by atoms with Crippen LogP contribution in [0.4, 0.5) is 0 Å². The van der Waals surface area contributed by atoms with E-state index in [2.05, 4.69) is 0 Å². The van der Waals surface area contributed by atoms with Gasteiger partial charge in [0.25, 0.3) is 0 Å². The first kappa shape index (κ1) is 16.4. The van der Waals surface area contributed by atoms with E-state index in [1.807, 2.05) is 13.8 Å². The molecule has 0 amide bonds. The van der Waals surface area contributed by atoms with Crippen LogP contribution in [0.25, 0.3) is 0 Å². The molecule has 8 heteroatoms. The van der Waals surface area contributed by atoms with Crippen LogP contribution in [0.3, 0.4) is 0 Å². The molecule has 6 nitrogen and oxygen atoms in total. The van der Waals surface area contributed by atoms with Crippen molar-refractivity contribution < 1.29 is 16.8 Å². The molecule has 1 heterocycles. The van der Waals surface area contributed by atoms with Crippen LogP contribution in [0.5, 0.6) is 0 Å². The normalized spacial score (nSPS) is 24.9. The SMILES string of the molecule is CC1CCC(C)N(S(=O)(=O)c2cccc(S(N)(=O)=O)c2)C1. The zero-order valence-corrected chi connectivity index (χ0v) is 13.7. The molecule has 21 heavy (non-hydrogen) atoms. The van der Waals surface area contributed by atoms with Gasteiger partial charge in [0, 0.05) is 12.6 Å². The lowest BCUT2D eigenvalue weighted by Gasteiger charge is -2.35. The Labute approximate surface area is 126 Å². The smallest absolute Gasteiger partial charge is 0.225 e. The van der Waals surface area contributed by atoms with Crippen LogP contribution in [0, 0.1) is 5.92 Å². The summed E-state index contributed by atoms with van der Waals surface area (Å²) in [6, 6.07) is 5.11. The highest BCUT2D eigenvalue weighted by Crippen LogP contribution is 2.28. The molecule has 1 fully saturated rings. The molecule has 1 aromatic rings. The Balaban J connectivity index is 2.44. The minimum Gasteiger partial charge on any atom is -0.225 e. The molecule has 0 aliphatic carbocycles. The van der Waals surface area contributed by atoms with E-state index in [4.69, 9.17) is 5.14 Å². The van der Waals surface area contributed by atoms with Gasteiger partial charge in [-0.25, -0.2) is 22.0 Å². The highest BCUT2D eigenvalue weighted by molar-refractivity contribution is 7.90. The number of hydrogen-bond donors (Lipinski definition) is 1. The number of benzene rings is 1. The van der Waals surface area contributed by atoms with Crippen LogP contribution in [0.2, 0.25) is 0 Å². The summed E-state index contributed by atoms with van der Waals surface area (Å²) in [6.07, 6.45) is 1.79. The third-order valence-electron chi connectivity index (χ3n) is 3.80. The molecule has 2 rings (SSSR count). The lowest BCUT2D eigenvalue weighted by atomic mass is 9.97. The highest BCUT2D eigenvalue weighted by atomic mass is 32.2. The molecule has 0 aromatic heterocycles. The van der Waals surface area contributed by atoms with Gasteiger partial charge in [-0.3, -0.25) is 0 Å². The van der Waals surface area contributed by atoms with Crippen molar-refractivity contribution in [1.82, 2.24) is 4.31 Å². The molecule has 0 radical (unpaired) electrons. The summed E-state index contributed by atoms with van der Waals surface area (Å²) in [7, 11) is -7.64. The third-order valence-corrected chi connectivity index (χ3v) is 6.69. The van der Waals surface area contributed by atoms with Crippen LogP contribution in [-0.2, 0) is 20.0 Å². The molecule has 1 aliphatic rings. The number of piperidine rings is 1. The molecule has 0 bridgehead atoms. The summed E-state index contributed by atoms with van der Waals surface area (Å²) in [5, 5.41) is 5.06. The number of nitrogens with zero attached hydrogens (tertiary/aromatic N) is 1. The summed E-state index contributed by atoms with van der Waals surface area (Å²) < 4.78 is 49.6. The molecule has 1 aliphatic heterocycles. The summed E-state index contributed by atoms with van der Waals surface area (Å²) in [6.45, 7) is 4.32. The van der Waals surface area contributed by atoms with Gasteiger partial charge in [-0.05, 0) is 43.9 Å². The van der Waals surface area contributed by atoms with Gasteiger partial charge in [-0.1, -0.05) is 13.0 Å². The maximum absolute atomic E-state index is 12.7. The highest BCUT2D eigenvalue weighted by Gasteiger charge is 2.33. The number of primary sulfonamides is 1. The van der Waals surface area contributed by atoms with E-state index in [1.54, 1.807) is 0 Å². The number of rotatable bonds is 3. The van der Waals surface area contributed by atoms with Crippen molar-refractivity contribution in [2.24, 2.45) is 11.1 Å². The molecular weight excluding hydrogens is 312 g/mol. The van der Waals surface area contributed by atoms with Crippen molar-refractivity contribution in [3.05, 3.63) is 24.3 Å². The summed E-state index contributed by atoms with van der Waals surface area (Å²) in [5.41, 5.74) is 0. The van der Waals surface area contributed by atoms with E-state index < -0.39 is 20.0 Å².